The maximum atomic E-state index is 9.09. The second-order valence-electron chi connectivity index (χ2n) is 8.78. The van der Waals surface area contributed by atoms with Crippen LogP contribution in [0, 0.1) is 6.92 Å². The Morgan fingerprint density at radius 2 is 1.27 bits per heavy atom. The maximum Gasteiger partial charge on any atom is 0.105 e. The van der Waals surface area contributed by atoms with Crippen molar-refractivity contribution >= 4 is 11.4 Å². The van der Waals surface area contributed by atoms with Crippen molar-refractivity contribution in [3.8, 4) is 0 Å². The van der Waals surface area contributed by atoms with Crippen molar-refractivity contribution in [3.05, 3.63) is 112 Å². The second kappa shape index (κ2) is 14.2. The van der Waals surface area contributed by atoms with E-state index in [1.807, 2.05) is 80.7 Å². The Morgan fingerprint density at radius 3 is 1.65 bits per heavy atom. The lowest BCUT2D eigenvalue weighted by Gasteiger charge is -2.00. The Hall–Kier alpha value is -3.65. The SMILES string of the molecule is CC1=C(CO)CC(c2ccccc2)=N1.CCc1ncc(C)[nH]1.OCC1=C(CO)N=C(c2ccccc2)C1. The number of aliphatic hydroxyl groups is 3. The van der Waals surface area contributed by atoms with Crippen LogP contribution in [0.5, 0.6) is 0 Å². The average molecular weight is 501 g/mol. The minimum absolute atomic E-state index is 0.0320. The van der Waals surface area contributed by atoms with Gasteiger partial charge in [-0.1, -0.05) is 67.6 Å². The van der Waals surface area contributed by atoms with Gasteiger partial charge in [-0.25, -0.2) is 4.98 Å². The number of hydrogen-bond donors (Lipinski definition) is 4. The normalized spacial score (nSPS) is 14.5. The molecule has 3 heterocycles. The summed E-state index contributed by atoms with van der Waals surface area (Å²) in [6.07, 6.45) is 4.26. The molecule has 37 heavy (non-hydrogen) atoms. The van der Waals surface area contributed by atoms with E-state index in [-0.39, 0.29) is 19.8 Å². The zero-order valence-electron chi connectivity index (χ0n) is 21.8. The second-order valence-corrected chi connectivity index (χ2v) is 8.78. The van der Waals surface area contributed by atoms with Crippen molar-refractivity contribution in [1.29, 1.82) is 0 Å². The number of hydrogen-bond acceptors (Lipinski definition) is 6. The molecule has 0 atom stereocenters. The first-order chi connectivity index (χ1) is 18.0. The van der Waals surface area contributed by atoms with Crippen LogP contribution in [-0.2, 0) is 6.42 Å². The van der Waals surface area contributed by atoms with Crippen LogP contribution in [0.2, 0.25) is 0 Å². The van der Waals surface area contributed by atoms with Gasteiger partial charge in [-0.15, -0.1) is 0 Å². The van der Waals surface area contributed by atoms with E-state index in [0.29, 0.717) is 12.1 Å². The van der Waals surface area contributed by atoms with Crippen LogP contribution in [0.25, 0.3) is 0 Å². The van der Waals surface area contributed by atoms with Gasteiger partial charge in [0.15, 0.2) is 0 Å². The fraction of sp³-hybridized carbons (Fsp3) is 0.300. The van der Waals surface area contributed by atoms with Crippen LogP contribution in [0.4, 0.5) is 0 Å². The molecule has 0 amide bonds. The van der Waals surface area contributed by atoms with Crippen LogP contribution in [0.3, 0.4) is 0 Å². The lowest BCUT2D eigenvalue weighted by atomic mass is 10.0. The Balaban J connectivity index is 0.000000161. The maximum absolute atomic E-state index is 9.09. The number of allylic oxidation sites excluding steroid dienone is 1. The van der Waals surface area contributed by atoms with Gasteiger partial charge in [0.05, 0.1) is 36.9 Å². The first-order valence-corrected chi connectivity index (χ1v) is 12.5. The predicted octanol–water partition coefficient (Wildman–Crippen LogP) is 4.54. The number of H-pyrrole nitrogens is 1. The molecule has 7 heteroatoms. The Morgan fingerprint density at radius 1 is 0.730 bits per heavy atom. The molecule has 0 unspecified atom stereocenters. The molecule has 3 aromatic rings. The third-order valence-corrected chi connectivity index (χ3v) is 6.09. The lowest BCUT2D eigenvalue weighted by molar-refractivity contribution is 0.311. The molecule has 2 aromatic carbocycles. The highest BCUT2D eigenvalue weighted by Gasteiger charge is 2.17. The number of nitrogens with one attached hydrogen (secondary N) is 1. The molecule has 0 aliphatic carbocycles. The fourth-order valence-electron chi connectivity index (χ4n) is 3.94. The molecule has 0 fully saturated rings. The number of imidazole rings is 1. The Bertz CT molecular complexity index is 1270. The number of aromatic nitrogens is 2. The highest BCUT2D eigenvalue weighted by atomic mass is 16.3. The van der Waals surface area contributed by atoms with E-state index < -0.39 is 0 Å². The van der Waals surface area contributed by atoms with Gasteiger partial charge in [-0.05, 0) is 36.1 Å². The molecule has 0 bridgehead atoms. The first-order valence-electron chi connectivity index (χ1n) is 12.5. The number of aliphatic imine (C=N–C) groups is 2. The number of rotatable bonds is 6. The Labute approximate surface area is 218 Å². The van der Waals surface area contributed by atoms with E-state index >= 15 is 0 Å². The van der Waals surface area contributed by atoms with Gasteiger partial charge in [0, 0.05) is 36.9 Å². The topological polar surface area (TPSA) is 114 Å². The van der Waals surface area contributed by atoms with E-state index in [4.69, 9.17) is 15.3 Å². The summed E-state index contributed by atoms with van der Waals surface area (Å²) in [6.45, 7) is 6.01. The summed E-state index contributed by atoms with van der Waals surface area (Å²) in [7, 11) is 0. The van der Waals surface area contributed by atoms with Gasteiger partial charge in [0.2, 0.25) is 0 Å². The molecule has 5 rings (SSSR count). The van der Waals surface area contributed by atoms with Gasteiger partial charge in [0.1, 0.15) is 5.82 Å². The summed E-state index contributed by atoms with van der Waals surface area (Å²) >= 11 is 0. The summed E-state index contributed by atoms with van der Waals surface area (Å²) in [6, 6.07) is 19.9. The lowest BCUT2D eigenvalue weighted by Crippen LogP contribution is -1.99. The number of nitrogens with zero attached hydrogens (tertiary/aromatic N) is 3. The largest absolute Gasteiger partial charge is 0.392 e. The van der Waals surface area contributed by atoms with Gasteiger partial charge in [0.25, 0.3) is 0 Å². The molecule has 0 radical (unpaired) electrons. The molecular formula is C30H36N4O3. The summed E-state index contributed by atoms with van der Waals surface area (Å²) < 4.78 is 0. The van der Waals surface area contributed by atoms with Gasteiger partial charge in [-0.3, -0.25) is 9.98 Å². The van der Waals surface area contributed by atoms with E-state index in [9.17, 15) is 0 Å². The molecule has 0 saturated heterocycles. The van der Waals surface area contributed by atoms with Crippen molar-refractivity contribution < 1.29 is 15.3 Å². The third kappa shape index (κ3) is 7.92. The molecule has 0 saturated carbocycles. The molecule has 2 aliphatic rings. The zero-order valence-corrected chi connectivity index (χ0v) is 21.8. The Kier molecular flexibility index (Phi) is 10.7. The van der Waals surface area contributed by atoms with E-state index in [1.165, 1.54) is 0 Å². The third-order valence-electron chi connectivity index (χ3n) is 6.09. The highest BCUT2D eigenvalue weighted by Crippen LogP contribution is 2.23. The summed E-state index contributed by atoms with van der Waals surface area (Å²) in [4.78, 5) is 16.0. The minimum atomic E-state index is -0.105. The van der Waals surface area contributed by atoms with Crippen LogP contribution in [0.15, 0.2) is 99.4 Å². The molecule has 1 aromatic heterocycles. The monoisotopic (exact) mass is 500 g/mol. The standard InChI is InChI=1S/C12H13NO2.C12H13NO.C6H10N2/c14-7-10-6-11(13-12(10)8-15)9-4-2-1-3-5-9;1-9-11(8-14)7-12(13-9)10-5-3-2-4-6-10;1-3-6-7-4-5(2)8-6/h1-5,14-15H,6-8H2;2-6,14H,7-8H2,1H3;4H,3H2,1-2H3,(H,7,8). The predicted molar refractivity (Wildman–Crippen MR) is 149 cm³/mol. The summed E-state index contributed by atoms with van der Waals surface area (Å²) in [5.74, 6) is 1.07. The van der Waals surface area contributed by atoms with E-state index in [1.54, 1.807) is 0 Å². The van der Waals surface area contributed by atoms with E-state index in [0.717, 1.165) is 63.8 Å². The summed E-state index contributed by atoms with van der Waals surface area (Å²) in [5.41, 5.74) is 8.74. The van der Waals surface area contributed by atoms with Gasteiger partial charge in [-0.2, -0.15) is 0 Å². The zero-order chi connectivity index (χ0) is 26.6. The average Bonchev–Trinajstić information content (AvgIpc) is 3.68. The van der Waals surface area contributed by atoms with Gasteiger partial charge < -0.3 is 20.3 Å². The van der Waals surface area contributed by atoms with Crippen LogP contribution < -0.4 is 0 Å². The molecule has 2 aliphatic heterocycles. The molecule has 194 valence electrons. The van der Waals surface area contributed by atoms with Crippen molar-refractivity contribution in [2.75, 3.05) is 19.8 Å². The highest BCUT2D eigenvalue weighted by molar-refractivity contribution is 6.04. The number of benzene rings is 2. The molecule has 4 N–H and O–H groups in total. The van der Waals surface area contributed by atoms with Crippen molar-refractivity contribution in [3.63, 3.8) is 0 Å². The molecule has 0 spiro atoms. The molecular weight excluding hydrogens is 464 g/mol. The van der Waals surface area contributed by atoms with E-state index in [2.05, 4.69) is 26.9 Å². The van der Waals surface area contributed by atoms with Crippen molar-refractivity contribution in [2.45, 2.75) is 40.0 Å². The fourth-order valence-corrected chi connectivity index (χ4v) is 3.94. The molecule has 7 nitrogen and oxygen atoms in total. The number of aromatic amines is 1. The van der Waals surface area contributed by atoms with Gasteiger partial charge >= 0.3 is 0 Å². The quantitative estimate of drug-likeness (QED) is 0.398. The first kappa shape index (κ1) is 27.9. The number of aryl methyl sites for hydroxylation is 2. The summed E-state index contributed by atoms with van der Waals surface area (Å²) in [5, 5.41) is 27.2. The van der Waals surface area contributed by atoms with Crippen LogP contribution >= 0.6 is 0 Å². The minimum Gasteiger partial charge on any atom is -0.392 e. The van der Waals surface area contributed by atoms with Crippen molar-refractivity contribution in [1.82, 2.24) is 9.97 Å². The smallest absolute Gasteiger partial charge is 0.105 e. The number of aliphatic hydroxyl groups excluding tert-OH is 3. The van der Waals surface area contributed by atoms with Crippen molar-refractivity contribution in [2.24, 2.45) is 9.98 Å². The van der Waals surface area contributed by atoms with Crippen LogP contribution in [-0.4, -0.2) is 56.5 Å². The van der Waals surface area contributed by atoms with Crippen LogP contribution in [0.1, 0.15) is 49.3 Å².